The van der Waals surface area contributed by atoms with Gasteiger partial charge in [-0.05, 0) is 29.3 Å². The average Bonchev–Trinajstić information content (AvgIpc) is 3.26. The van der Waals surface area contributed by atoms with Crippen LogP contribution in [0.5, 0.6) is 0 Å². The van der Waals surface area contributed by atoms with Crippen LogP contribution in [0.1, 0.15) is 27.5 Å². The number of halogens is 1. The van der Waals surface area contributed by atoms with Gasteiger partial charge in [0.05, 0.1) is 18.1 Å². The van der Waals surface area contributed by atoms with Crippen LogP contribution in [0.4, 0.5) is 5.69 Å². The molecule has 1 heterocycles. The minimum atomic E-state index is -1.45. The number of nitrogens with zero attached hydrogens (tertiary/aromatic N) is 1. The van der Waals surface area contributed by atoms with Crippen LogP contribution in [0.2, 0.25) is 5.02 Å². The van der Waals surface area contributed by atoms with Crippen LogP contribution >= 0.6 is 11.6 Å². The lowest BCUT2D eigenvalue weighted by Gasteiger charge is -2.28. The van der Waals surface area contributed by atoms with Crippen molar-refractivity contribution in [3.8, 4) is 0 Å². The van der Waals surface area contributed by atoms with Gasteiger partial charge in [-0.25, -0.2) is 4.79 Å². The van der Waals surface area contributed by atoms with E-state index >= 15 is 0 Å². The maximum absolute atomic E-state index is 13.5. The summed E-state index contributed by atoms with van der Waals surface area (Å²) in [5.41, 5.74) is 0.390. The Morgan fingerprint density at radius 2 is 1.64 bits per heavy atom. The van der Waals surface area contributed by atoms with Crippen molar-refractivity contribution >= 4 is 29.0 Å². The molecule has 0 amide bonds. The minimum Gasteiger partial charge on any atom is -0.467 e. The molecule has 0 bridgehead atoms. The van der Waals surface area contributed by atoms with E-state index in [2.05, 4.69) is 5.32 Å². The second-order valence-electron chi connectivity index (χ2n) is 7.53. The Kier molecular flexibility index (Phi) is 6.09. The number of carbonyl (C=O) groups is 2. The number of Topliss-reactive ketones (excluding diaryl/α,β-unsaturated/α-hetero) is 1. The second-order valence-corrected chi connectivity index (χ2v) is 7.96. The van der Waals surface area contributed by atoms with Crippen molar-refractivity contribution < 1.29 is 19.2 Å². The molecule has 0 saturated carbocycles. The van der Waals surface area contributed by atoms with Gasteiger partial charge in [-0.2, -0.15) is 0 Å². The molecule has 3 aromatic rings. The van der Waals surface area contributed by atoms with E-state index < -0.39 is 22.5 Å². The van der Waals surface area contributed by atoms with Gasteiger partial charge in [-0.3, -0.25) is 20.2 Å². The first-order valence-corrected chi connectivity index (χ1v) is 10.4. The minimum absolute atomic E-state index is 0.0754. The summed E-state index contributed by atoms with van der Waals surface area (Å²) in [4.78, 5) is 37.2. The molecule has 1 aliphatic rings. The summed E-state index contributed by atoms with van der Waals surface area (Å²) in [5.74, 6) is -0.876. The van der Waals surface area contributed by atoms with E-state index in [-0.39, 0.29) is 11.5 Å². The third-order valence-corrected chi connectivity index (χ3v) is 5.85. The largest absolute Gasteiger partial charge is 0.467 e. The number of ether oxygens (including phenoxy) is 1. The molecule has 7 nitrogen and oxygen atoms in total. The molecule has 0 aromatic heterocycles. The van der Waals surface area contributed by atoms with E-state index in [0.717, 1.165) is 0 Å². The number of nitro benzene ring substituents is 1. The topological polar surface area (TPSA) is 98.5 Å². The van der Waals surface area contributed by atoms with Crippen molar-refractivity contribution in [2.75, 3.05) is 7.11 Å². The van der Waals surface area contributed by atoms with Crippen LogP contribution in [0.25, 0.3) is 0 Å². The van der Waals surface area contributed by atoms with Crippen LogP contribution < -0.4 is 5.32 Å². The Labute approximate surface area is 194 Å². The van der Waals surface area contributed by atoms with E-state index in [1.54, 1.807) is 72.8 Å². The first-order chi connectivity index (χ1) is 15.9. The number of nitro groups is 1. The highest BCUT2D eigenvalue weighted by atomic mass is 35.5. The molecule has 33 heavy (non-hydrogen) atoms. The predicted octanol–water partition coefficient (Wildman–Crippen LogP) is 4.77. The number of benzene rings is 3. The molecule has 1 N–H and O–H groups in total. The molecule has 0 radical (unpaired) electrons. The summed E-state index contributed by atoms with van der Waals surface area (Å²) in [6.45, 7) is 0. The number of rotatable bonds is 6. The zero-order valence-corrected chi connectivity index (χ0v) is 18.3. The molecule has 4 rings (SSSR count). The van der Waals surface area contributed by atoms with Crippen LogP contribution in [-0.4, -0.2) is 23.8 Å². The maximum Gasteiger partial charge on any atom is 0.334 e. The number of non-ortho nitro benzene ring substituents is 1. The Bertz CT molecular complexity index is 1240. The molecule has 2 atom stereocenters. The lowest BCUT2D eigenvalue weighted by atomic mass is 9.89. The van der Waals surface area contributed by atoms with Gasteiger partial charge in [0.1, 0.15) is 0 Å². The van der Waals surface area contributed by atoms with Gasteiger partial charge in [0.15, 0.2) is 11.3 Å². The predicted molar refractivity (Wildman–Crippen MR) is 123 cm³/mol. The number of hydrogen-bond acceptors (Lipinski definition) is 6. The van der Waals surface area contributed by atoms with Crippen molar-refractivity contribution in [3.05, 3.63) is 122 Å². The summed E-state index contributed by atoms with van der Waals surface area (Å²) in [7, 11) is 1.27. The summed E-state index contributed by atoms with van der Waals surface area (Å²) >= 11 is 6.04. The van der Waals surface area contributed by atoms with Crippen molar-refractivity contribution in [2.24, 2.45) is 0 Å². The standard InChI is InChI=1S/C25H19ClN2O5/c1-33-24(30)25(18-9-11-19(26)12-10-18)15-21(23(29)17-5-3-2-4-6-17)22(27-25)16-7-13-20(14-8-16)28(31)32/h2-15,22,27H,1H3/t22-,25+/m0/s1. The third-order valence-electron chi connectivity index (χ3n) is 5.60. The quantitative estimate of drug-likeness (QED) is 0.245. The highest BCUT2D eigenvalue weighted by Crippen LogP contribution is 2.41. The van der Waals surface area contributed by atoms with Gasteiger partial charge < -0.3 is 4.74 Å². The number of ketones is 1. The molecule has 166 valence electrons. The van der Waals surface area contributed by atoms with E-state index in [1.807, 2.05) is 0 Å². The van der Waals surface area contributed by atoms with Gasteiger partial charge in [0, 0.05) is 28.3 Å². The van der Waals surface area contributed by atoms with Crippen LogP contribution in [-0.2, 0) is 15.1 Å². The van der Waals surface area contributed by atoms with E-state index in [9.17, 15) is 19.7 Å². The number of hydrogen-bond donors (Lipinski definition) is 1. The Balaban J connectivity index is 1.87. The second kappa shape index (κ2) is 8.97. The number of nitrogens with one attached hydrogen (secondary N) is 1. The molecule has 0 unspecified atom stereocenters. The molecular formula is C25H19ClN2O5. The van der Waals surface area contributed by atoms with Gasteiger partial charge in [-0.15, -0.1) is 0 Å². The van der Waals surface area contributed by atoms with Crippen molar-refractivity contribution in [1.29, 1.82) is 0 Å². The highest BCUT2D eigenvalue weighted by Gasteiger charge is 2.48. The smallest absolute Gasteiger partial charge is 0.334 e. The van der Waals surface area contributed by atoms with Crippen LogP contribution in [0.3, 0.4) is 0 Å². The summed E-state index contributed by atoms with van der Waals surface area (Å²) in [5, 5.41) is 14.8. The van der Waals surface area contributed by atoms with E-state index in [0.29, 0.717) is 27.3 Å². The molecule has 3 aromatic carbocycles. The fraction of sp³-hybridized carbons (Fsp3) is 0.120. The fourth-order valence-electron chi connectivity index (χ4n) is 3.94. The normalized spacial score (nSPS) is 19.6. The van der Waals surface area contributed by atoms with Crippen molar-refractivity contribution in [1.82, 2.24) is 5.32 Å². The third kappa shape index (κ3) is 4.16. The van der Waals surface area contributed by atoms with Crippen LogP contribution in [0, 0.1) is 10.1 Å². The highest BCUT2D eigenvalue weighted by molar-refractivity contribution is 6.30. The number of carbonyl (C=O) groups excluding carboxylic acids is 2. The molecule has 0 spiro atoms. The summed E-state index contributed by atoms with van der Waals surface area (Å²) in [6, 6.07) is 20.5. The Morgan fingerprint density at radius 1 is 1.00 bits per heavy atom. The Morgan fingerprint density at radius 3 is 2.21 bits per heavy atom. The van der Waals surface area contributed by atoms with Crippen molar-refractivity contribution in [2.45, 2.75) is 11.6 Å². The summed E-state index contributed by atoms with van der Waals surface area (Å²) < 4.78 is 5.11. The van der Waals surface area contributed by atoms with E-state index in [4.69, 9.17) is 16.3 Å². The molecule has 0 fully saturated rings. The molecule has 0 aliphatic carbocycles. The zero-order valence-electron chi connectivity index (χ0n) is 17.5. The number of methoxy groups -OCH3 is 1. The lowest BCUT2D eigenvalue weighted by Crippen LogP contribution is -2.46. The van der Waals surface area contributed by atoms with Gasteiger partial charge >= 0.3 is 5.97 Å². The molecule has 8 heteroatoms. The van der Waals surface area contributed by atoms with Gasteiger partial charge in [-0.1, -0.05) is 66.2 Å². The van der Waals surface area contributed by atoms with Gasteiger partial charge in [0.25, 0.3) is 5.69 Å². The zero-order chi connectivity index (χ0) is 23.6. The van der Waals surface area contributed by atoms with Crippen molar-refractivity contribution in [3.63, 3.8) is 0 Å². The lowest BCUT2D eigenvalue weighted by molar-refractivity contribution is -0.384. The van der Waals surface area contributed by atoms with Gasteiger partial charge in [0.2, 0.25) is 0 Å². The first kappa shape index (κ1) is 22.4. The van der Waals surface area contributed by atoms with Crippen LogP contribution in [0.15, 0.2) is 90.5 Å². The fourth-order valence-corrected chi connectivity index (χ4v) is 4.07. The average molecular weight is 463 g/mol. The number of esters is 1. The first-order valence-electron chi connectivity index (χ1n) is 10.0. The summed E-state index contributed by atoms with van der Waals surface area (Å²) in [6.07, 6.45) is 1.57. The molecule has 0 saturated heterocycles. The maximum atomic E-state index is 13.5. The Hall–Kier alpha value is -3.81. The SMILES string of the molecule is COC(=O)[C@]1(c2ccc(Cl)cc2)C=C(C(=O)c2ccccc2)[C@H](c2ccc([N+](=O)[O-])cc2)N1. The monoisotopic (exact) mass is 462 g/mol. The molecular weight excluding hydrogens is 444 g/mol. The molecule has 1 aliphatic heterocycles. The van der Waals surface area contributed by atoms with E-state index in [1.165, 1.54) is 19.2 Å².